The van der Waals surface area contributed by atoms with E-state index in [2.05, 4.69) is 15.3 Å². The minimum atomic E-state index is -0.640. The number of aliphatic imine (C=N–C) groups is 1. The number of guanidine groups is 1. The highest BCUT2D eigenvalue weighted by molar-refractivity contribution is 7.09. The van der Waals surface area contributed by atoms with Crippen molar-refractivity contribution in [3.63, 3.8) is 0 Å². The summed E-state index contributed by atoms with van der Waals surface area (Å²) in [7, 11) is 3.59. The zero-order valence-electron chi connectivity index (χ0n) is 15.5. The Morgan fingerprint density at radius 3 is 2.92 bits per heavy atom. The molecule has 0 saturated carbocycles. The summed E-state index contributed by atoms with van der Waals surface area (Å²) in [5, 5.41) is 15.4. The maximum Gasteiger partial charge on any atom is 0.194 e. The Morgan fingerprint density at radius 1 is 1.50 bits per heavy atom. The molecule has 0 fully saturated rings. The zero-order chi connectivity index (χ0) is 19.1. The first-order valence-electron chi connectivity index (χ1n) is 8.38. The molecule has 0 spiro atoms. The van der Waals surface area contributed by atoms with Gasteiger partial charge in [0.1, 0.15) is 11.1 Å². The SMILES string of the molecule is CCNC(=NCc1ccc(O)c(F)c1)N(C)Cc1csc(C(C)OC)n1. The van der Waals surface area contributed by atoms with E-state index < -0.39 is 5.82 Å². The number of aromatic hydroxyl groups is 1. The van der Waals surface area contributed by atoms with Gasteiger partial charge >= 0.3 is 0 Å². The molecule has 6 nitrogen and oxygen atoms in total. The highest BCUT2D eigenvalue weighted by atomic mass is 32.1. The van der Waals surface area contributed by atoms with Gasteiger partial charge in [0, 0.05) is 26.1 Å². The Hall–Kier alpha value is -2.19. The van der Waals surface area contributed by atoms with Gasteiger partial charge in [0.15, 0.2) is 17.5 Å². The first-order chi connectivity index (χ1) is 12.4. The van der Waals surface area contributed by atoms with Gasteiger partial charge in [-0.1, -0.05) is 6.07 Å². The van der Waals surface area contributed by atoms with Crippen LogP contribution in [0.4, 0.5) is 4.39 Å². The van der Waals surface area contributed by atoms with Gasteiger partial charge in [0.25, 0.3) is 0 Å². The Morgan fingerprint density at radius 2 is 2.27 bits per heavy atom. The van der Waals surface area contributed by atoms with Crippen molar-refractivity contribution < 1.29 is 14.2 Å². The van der Waals surface area contributed by atoms with Crippen LogP contribution in [-0.2, 0) is 17.8 Å². The van der Waals surface area contributed by atoms with Crippen LogP contribution >= 0.6 is 11.3 Å². The fourth-order valence-electron chi connectivity index (χ4n) is 2.29. The van der Waals surface area contributed by atoms with Gasteiger partial charge in [-0.15, -0.1) is 11.3 Å². The minimum absolute atomic E-state index is 0.0228. The van der Waals surface area contributed by atoms with Gasteiger partial charge in [0.05, 0.1) is 18.8 Å². The third-order valence-electron chi connectivity index (χ3n) is 3.79. The Balaban J connectivity index is 2.06. The maximum atomic E-state index is 13.5. The van der Waals surface area contributed by atoms with Crippen LogP contribution in [0.25, 0.3) is 0 Å². The van der Waals surface area contributed by atoms with E-state index in [4.69, 9.17) is 4.74 Å². The monoisotopic (exact) mass is 380 g/mol. The lowest BCUT2D eigenvalue weighted by atomic mass is 10.2. The average molecular weight is 380 g/mol. The zero-order valence-corrected chi connectivity index (χ0v) is 16.3. The molecular weight excluding hydrogens is 355 g/mol. The summed E-state index contributed by atoms with van der Waals surface area (Å²) in [6, 6.07) is 4.29. The fraction of sp³-hybridized carbons (Fsp3) is 0.444. The predicted octanol–water partition coefficient (Wildman–Crippen LogP) is 3.29. The number of phenols is 1. The van der Waals surface area contributed by atoms with E-state index >= 15 is 0 Å². The van der Waals surface area contributed by atoms with Crippen molar-refractivity contribution in [1.82, 2.24) is 15.2 Å². The first-order valence-corrected chi connectivity index (χ1v) is 9.26. The van der Waals surface area contributed by atoms with E-state index in [1.165, 1.54) is 12.1 Å². The van der Waals surface area contributed by atoms with Crippen molar-refractivity contribution in [2.24, 2.45) is 4.99 Å². The number of nitrogens with one attached hydrogen (secondary N) is 1. The second-order valence-electron chi connectivity index (χ2n) is 5.87. The van der Waals surface area contributed by atoms with Crippen LogP contribution in [0, 0.1) is 5.82 Å². The van der Waals surface area contributed by atoms with Crippen LogP contribution in [-0.4, -0.2) is 41.7 Å². The van der Waals surface area contributed by atoms with Gasteiger partial charge in [-0.25, -0.2) is 14.4 Å². The molecule has 0 radical (unpaired) electrons. The highest BCUT2D eigenvalue weighted by Crippen LogP contribution is 2.21. The van der Waals surface area contributed by atoms with Crippen molar-refractivity contribution in [3.8, 4) is 5.75 Å². The van der Waals surface area contributed by atoms with E-state index in [1.54, 1.807) is 24.5 Å². The smallest absolute Gasteiger partial charge is 0.194 e. The summed E-state index contributed by atoms with van der Waals surface area (Å²) in [5.41, 5.74) is 1.63. The highest BCUT2D eigenvalue weighted by Gasteiger charge is 2.13. The molecule has 0 aliphatic heterocycles. The summed E-state index contributed by atoms with van der Waals surface area (Å²) in [6.07, 6.45) is -0.0228. The summed E-state index contributed by atoms with van der Waals surface area (Å²) in [5.74, 6) is -0.292. The molecular formula is C18H25FN4O2S. The van der Waals surface area contributed by atoms with Crippen LogP contribution in [0.3, 0.4) is 0 Å². The molecule has 0 saturated heterocycles. The second-order valence-corrected chi connectivity index (χ2v) is 6.76. The quantitative estimate of drug-likeness (QED) is 0.570. The van der Waals surface area contributed by atoms with Gasteiger partial charge < -0.3 is 20.1 Å². The van der Waals surface area contributed by atoms with Gasteiger partial charge in [-0.3, -0.25) is 0 Å². The number of methoxy groups -OCH3 is 1. The molecule has 1 unspecified atom stereocenters. The normalized spacial score (nSPS) is 12.9. The number of halogens is 1. The summed E-state index contributed by atoms with van der Waals surface area (Å²) in [4.78, 5) is 11.1. The Labute approximate surface area is 157 Å². The molecule has 8 heteroatoms. The Bertz CT molecular complexity index is 751. The van der Waals surface area contributed by atoms with Crippen molar-refractivity contribution in [2.75, 3.05) is 20.7 Å². The van der Waals surface area contributed by atoms with Crippen molar-refractivity contribution in [3.05, 3.63) is 45.7 Å². The molecule has 1 aromatic carbocycles. The number of ether oxygens (including phenoxy) is 1. The molecule has 26 heavy (non-hydrogen) atoms. The van der Waals surface area contributed by atoms with E-state index in [-0.39, 0.29) is 11.9 Å². The summed E-state index contributed by atoms with van der Waals surface area (Å²) < 4.78 is 18.7. The minimum Gasteiger partial charge on any atom is -0.505 e. The van der Waals surface area contributed by atoms with E-state index in [9.17, 15) is 9.50 Å². The third-order valence-corrected chi connectivity index (χ3v) is 4.84. The third kappa shape index (κ3) is 5.40. The number of rotatable bonds is 7. The van der Waals surface area contributed by atoms with Crippen LogP contribution in [0.15, 0.2) is 28.6 Å². The van der Waals surface area contributed by atoms with Gasteiger partial charge in [-0.05, 0) is 31.5 Å². The van der Waals surface area contributed by atoms with E-state index in [0.29, 0.717) is 24.6 Å². The lowest BCUT2D eigenvalue weighted by Gasteiger charge is -2.21. The molecule has 0 aliphatic rings. The number of benzene rings is 1. The molecule has 1 heterocycles. The molecule has 0 aliphatic carbocycles. The number of hydrogen-bond donors (Lipinski definition) is 2. The second kappa shape index (κ2) is 9.49. The molecule has 1 aromatic heterocycles. The van der Waals surface area contributed by atoms with Crippen LogP contribution in [0.1, 0.15) is 36.2 Å². The molecule has 1 atom stereocenters. The van der Waals surface area contributed by atoms with Crippen LogP contribution in [0.2, 0.25) is 0 Å². The van der Waals surface area contributed by atoms with E-state index in [0.717, 1.165) is 17.2 Å². The molecule has 0 amide bonds. The number of thiazole rings is 1. The number of aromatic nitrogens is 1. The first kappa shape index (κ1) is 20.1. The predicted molar refractivity (Wildman–Crippen MR) is 102 cm³/mol. The molecule has 142 valence electrons. The standard InChI is InChI=1S/C18H25FN4O2S/c1-5-20-18(21-9-13-6-7-16(24)15(19)8-13)23(3)10-14-11-26-17(22-14)12(2)25-4/h6-8,11-12,24H,5,9-10H2,1-4H3,(H,20,21). The molecule has 2 rings (SSSR count). The topological polar surface area (TPSA) is 70.0 Å². The number of hydrogen-bond acceptors (Lipinski definition) is 5. The van der Waals surface area contributed by atoms with E-state index in [1.807, 2.05) is 31.2 Å². The van der Waals surface area contributed by atoms with Crippen molar-refractivity contribution in [1.29, 1.82) is 0 Å². The van der Waals surface area contributed by atoms with Crippen LogP contribution < -0.4 is 5.32 Å². The van der Waals surface area contributed by atoms with Gasteiger partial charge in [-0.2, -0.15) is 0 Å². The number of nitrogens with zero attached hydrogens (tertiary/aromatic N) is 3. The summed E-state index contributed by atoms with van der Waals surface area (Å²) >= 11 is 1.57. The molecule has 2 aromatic rings. The molecule has 2 N–H and O–H groups in total. The van der Waals surface area contributed by atoms with Crippen molar-refractivity contribution >= 4 is 17.3 Å². The average Bonchev–Trinajstić information content (AvgIpc) is 3.09. The summed E-state index contributed by atoms with van der Waals surface area (Å²) in [6.45, 7) is 5.59. The maximum absolute atomic E-state index is 13.5. The van der Waals surface area contributed by atoms with Crippen molar-refractivity contribution in [2.45, 2.75) is 33.0 Å². The Kier molecular flexibility index (Phi) is 7.35. The largest absolute Gasteiger partial charge is 0.505 e. The lowest BCUT2D eigenvalue weighted by Crippen LogP contribution is -2.38. The van der Waals surface area contributed by atoms with Crippen LogP contribution in [0.5, 0.6) is 5.75 Å². The molecule has 0 bridgehead atoms. The lowest BCUT2D eigenvalue weighted by molar-refractivity contribution is 0.119. The fourth-order valence-corrected chi connectivity index (χ4v) is 3.13. The van der Waals surface area contributed by atoms with Gasteiger partial charge in [0.2, 0.25) is 0 Å². The number of phenolic OH excluding ortho intramolecular Hbond substituents is 1.